The molecule has 0 aromatic rings. The molecule has 3 heteroatoms. The Morgan fingerprint density at radius 1 is 1.00 bits per heavy atom. The maximum atomic E-state index is 11.5. The van der Waals surface area contributed by atoms with Gasteiger partial charge in [-0.05, 0) is 20.3 Å². The van der Waals surface area contributed by atoms with E-state index in [1.54, 1.807) is 0 Å². The molecule has 0 aliphatic rings. The summed E-state index contributed by atoms with van der Waals surface area (Å²) in [6, 6.07) is 0. The summed E-state index contributed by atoms with van der Waals surface area (Å²) in [4.78, 5) is 11.5. The van der Waals surface area contributed by atoms with Crippen LogP contribution >= 0.6 is 15.9 Å². The Kier molecular flexibility index (Phi) is 9.90. The molecular weight excluding hydrogens is 278 g/mol. The number of alkyl halides is 1. The molecule has 0 aliphatic carbocycles. The monoisotopic (exact) mass is 305 g/mol. The fraction of sp³-hybridized carbons (Fsp3) is 0.929. The molecule has 0 saturated carbocycles. The summed E-state index contributed by atoms with van der Waals surface area (Å²) in [5.74, 6) is 0.0837. The van der Waals surface area contributed by atoms with E-state index in [-0.39, 0.29) is 5.91 Å². The minimum atomic E-state index is -0.437. The van der Waals surface area contributed by atoms with E-state index in [9.17, 15) is 4.79 Å². The molecule has 0 radical (unpaired) electrons. The topological polar surface area (TPSA) is 29.1 Å². The van der Waals surface area contributed by atoms with Gasteiger partial charge in [-0.3, -0.25) is 4.79 Å². The van der Waals surface area contributed by atoms with Gasteiger partial charge < -0.3 is 5.32 Å². The zero-order valence-corrected chi connectivity index (χ0v) is 13.2. The quantitative estimate of drug-likeness (QED) is 0.470. The molecule has 0 aromatic carbocycles. The van der Waals surface area contributed by atoms with Gasteiger partial charge in [-0.1, -0.05) is 67.8 Å². The van der Waals surface area contributed by atoms with Crippen molar-refractivity contribution in [2.75, 3.05) is 6.54 Å². The molecule has 0 unspecified atom stereocenters. The van der Waals surface area contributed by atoms with Gasteiger partial charge in [0, 0.05) is 6.54 Å². The average molecular weight is 306 g/mol. The van der Waals surface area contributed by atoms with Crippen molar-refractivity contribution >= 4 is 21.8 Å². The molecule has 102 valence electrons. The number of unbranched alkanes of at least 4 members (excludes halogenated alkanes) is 7. The summed E-state index contributed by atoms with van der Waals surface area (Å²) < 4.78 is -0.437. The first-order chi connectivity index (χ1) is 7.98. The Morgan fingerprint density at radius 2 is 1.47 bits per heavy atom. The molecule has 0 saturated heterocycles. The summed E-state index contributed by atoms with van der Waals surface area (Å²) in [6.45, 7) is 6.79. The van der Waals surface area contributed by atoms with Crippen LogP contribution in [0.5, 0.6) is 0 Å². The van der Waals surface area contributed by atoms with E-state index in [1.165, 1.54) is 44.9 Å². The third-order valence-corrected chi connectivity index (χ3v) is 3.22. The van der Waals surface area contributed by atoms with Crippen LogP contribution in [0.3, 0.4) is 0 Å². The van der Waals surface area contributed by atoms with Gasteiger partial charge in [-0.25, -0.2) is 0 Å². The smallest absolute Gasteiger partial charge is 0.236 e. The van der Waals surface area contributed by atoms with E-state index < -0.39 is 4.32 Å². The van der Waals surface area contributed by atoms with Crippen LogP contribution in [0.15, 0.2) is 0 Å². The lowest BCUT2D eigenvalue weighted by atomic mass is 10.1. The molecule has 1 N–H and O–H groups in total. The van der Waals surface area contributed by atoms with Crippen LogP contribution in [0, 0.1) is 0 Å². The van der Waals surface area contributed by atoms with Gasteiger partial charge in [0.2, 0.25) is 5.91 Å². The van der Waals surface area contributed by atoms with Gasteiger partial charge in [-0.15, -0.1) is 0 Å². The van der Waals surface area contributed by atoms with E-state index in [4.69, 9.17) is 0 Å². The van der Waals surface area contributed by atoms with Crippen molar-refractivity contribution in [3.05, 3.63) is 0 Å². The number of hydrogen-bond acceptors (Lipinski definition) is 1. The standard InChI is InChI=1S/C14H28BrNO/c1-4-5-6-7-8-9-10-11-12-16-13(17)14(2,3)15/h4-12H2,1-3H3,(H,16,17). The lowest BCUT2D eigenvalue weighted by Gasteiger charge is -2.15. The summed E-state index contributed by atoms with van der Waals surface area (Å²) >= 11 is 3.35. The SMILES string of the molecule is CCCCCCCCCCNC(=O)C(C)(C)Br. The van der Waals surface area contributed by atoms with Crippen LogP contribution in [-0.4, -0.2) is 16.8 Å². The van der Waals surface area contributed by atoms with Crippen molar-refractivity contribution in [3.8, 4) is 0 Å². The van der Waals surface area contributed by atoms with Crippen LogP contribution in [0.4, 0.5) is 0 Å². The van der Waals surface area contributed by atoms with Crippen LogP contribution in [0.25, 0.3) is 0 Å². The lowest BCUT2D eigenvalue weighted by molar-refractivity contribution is -0.122. The fourth-order valence-corrected chi connectivity index (χ4v) is 1.81. The van der Waals surface area contributed by atoms with Crippen molar-refractivity contribution in [1.82, 2.24) is 5.32 Å². The van der Waals surface area contributed by atoms with E-state index in [1.807, 2.05) is 13.8 Å². The van der Waals surface area contributed by atoms with Gasteiger partial charge in [0.25, 0.3) is 0 Å². The van der Waals surface area contributed by atoms with Crippen molar-refractivity contribution < 1.29 is 4.79 Å². The van der Waals surface area contributed by atoms with Crippen molar-refractivity contribution in [2.24, 2.45) is 0 Å². The molecule has 0 aromatic heterocycles. The molecule has 1 amide bonds. The van der Waals surface area contributed by atoms with E-state index in [2.05, 4.69) is 28.2 Å². The molecule has 0 aliphatic heterocycles. The number of hydrogen-bond donors (Lipinski definition) is 1. The first-order valence-corrected chi connectivity index (χ1v) is 7.75. The predicted octanol–water partition coefficient (Wildman–Crippen LogP) is 4.42. The van der Waals surface area contributed by atoms with Gasteiger partial charge in [0.05, 0.1) is 4.32 Å². The Bertz CT molecular complexity index is 199. The van der Waals surface area contributed by atoms with Crippen molar-refractivity contribution in [1.29, 1.82) is 0 Å². The van der Waals surface area contributed by atoms with Crippen LogP contribution in [-0.2, 0) is 4.79 Å². The number of carbonyl (C=O) groups is 1. The van der Waals surface area contributed by atoms with Gasteiger partial charge in [0.15, 0.2) is 0 Å². The second-order valence-corrected chi connectivity index (χ2v) is 7.19. The summed E-state index contributed by atoms with van der Waals surface area (Å²) in [6.07, 6.45) is 10.4. The third kappa shape index (κ3) is 10.8. The van der Waals surface area contributed by atoms with Crippen molar-refractivity contribution in [3.63, 3.8) is 0 Å². The molecule has 0 fully saturated rings. The second-order valence-electron chi connectivity index (χ2n) is 5.20. The van der Waals surface area contributed by atoms with E-state index in [0.717, 1.165) is 13.0 Å². The fourth-order valence-electron chi connectivity index (χ4n) is 1.67. The van der Waals surface area contributed by atoms with E-state index in [0.29, 0.717) is 0 Å². The second kappa shape index (κ2) is 9.93. The first-order valence-electron chi connectivity index (χ1n) is 6.95. The predicted molar refractivity (Wildman–Crippen MR) is 78.6 cm³/mol. The zero-order valence-electron chi connectivity index (χ0n) is 11.7. The maximum absolute atomic E-state index is 11.5. The average Bonchev–Trinajstić information content (AvgIpc) is 2.25. The number of rotatable bonds is 10. The van der Waals surface area contributed by atoms with Gasteiger partial charge >= 0.3 is 0 Å². The van der Waals surface area contributed by atoms with Crippen molar-refractivity contribution in [2.45, 2.75) is 76.5 Å². The highest BCUT2D eigenvalue weighted by molar-refractivity contribution is 9.10. The summed E-state index contributed by atoms with van der Waals surface area (Å²) in [5.41, 5.74) is 0. The Morgan fingerprint density at radius 3 is 1.94 bits per heavy atom. The summed E-state index contributed by atoms with van der Waals surface area (Å²) in [7, 11) is 0. The summed E-state index contributed by atoms with van der Waals surface area (Å²) in [5, 5.41) is 2.95. The minimum Gasteiger partial charge on any atom is -0.355 e. The van der Waals surface area contributed by atoms with Crippen LogP contribution < -0.4 is 5.32 Å². The van der Waals surface area contributed by atoms with Crippen LogP contribution in [0.1, 0.15) is 72.1 Å². The molecular formula is C14H28BrNO. The first kappa shape index (κ1) is 16.9. The highest BCUT2D eigenvalue weighted by Crippen LogP contribution is 2.15. The Balaban J connectivity index is 3.22. The Hall–Kier alpha value is -0.0500. The molecule has 0 spiro atoms. The number of nitrogens with one attached hydrogen (secondary N) is 1. The molecule has 0 bridgehead atoms. The lowest BCUT2D eigenvalue weighted by Crippen LogP contribution is -2.37. The Labute approximate surface area is 115 Å². The normalized spacial score (nSPS) is 11.5. The van der Waals surface area contributed by atoms with Crippen LogP contribution in [0.2, 0.25) is 0 Å². The molecule has 0 rings (SSSR count). The number of carbonyl (C=O) groups excluding carboxylic acids is 1. The highest BCUT2D eigenvalue weighted by Gasteiger charge is 2.22. The minimum absolute atomic E-state index is 0.0837. The van der Waals surface area contributed by atoms with Gasteiger partial charge in [0.1, 0.15) is 0 Å². The zero-order chi connectivity index (χ0) is 13.1. The highest BCUT2D eigenvalue weighted by atomic mass is 79.9. The molecule has 0 atom stereocenters. The molecule has 17 heavy (non-hydrogen) atoms. The molecule has 2 nitrogen and oxygen atoms in total. The number of amides is 1. The maximum Gasteiger partial charge on any atom is 0.236 e. The number of halogens is 1. The van der Waals surface area contributed by atoms with Gasteiger partial charge in [-0.2, -0.15) is 0 Å². The third-order valence-electron chi connectivity index (χ3n) is 2.86. The van der Waals surface area contributed by atoms with E-state index >= 15 is 0 Å². The largest absolute Gasteiger partial charge is 0.355 e. The molecule has 0 heterocycles.